The molecule has 3 N–H and O–H groups in total. The molecule has 0 bridgehead atoms. The highest BCUT2D eigenvalue weighted by Gasteiger charge is 2.18. The number of piperazine rings is 1. The van der Waals surface area contributed by atoms with Crippen LogP contribution in [0.4, 0.5) is 0 Å². The molecule has 1 saturated heterocycles. The minimum absolute atomic E-state index is 0.0312. The van der Waals surface area contributed by atoms with Gasteiger partial charge in [0.2, 0.25) is 0 Å². The highest BCUT2D eigenvalue weighted by atomic mass is 17.1. The first kappa shape index (κ1) is 20.4. The van der Waals surface area contributed by atoms with Crippen LogP contribution >= 0.6 is 0 Å². The van der Waals surface area contributed by atoms with Gasteiger partial charge in [-0.1, -0.05) is 0 Å². The first-order chi connectivity index (χ1) is 12.5. The third-order valence-electron chi connectivity index (χ3n) is 4.08. The Hall–Kier alpha value is -1.95. The standard InChI is InChI=1S/C16H25N3O7/c1-24-15-11-13(3-4-14(15)20)16(21)25-12-18-8-6-17(7-9-18)5-2-10-26-19(22)23/h3-4,11,20,22-23H,2,5-10,12H2,1H3. The van der Waals surface area contributed by atoms with Crippen LogP contribution < -0.4 is 4.74 Å². The topological polar surface area (TPSA) is 115 Å². The Balaban J connectivity index is 1.67. The summed E-state index contributed by atoms with van der Waals surface area (Å²) in [6.07, 6.45) is 0.676. The Kier molecular flexibility index (Phi) is 8.04. The summed E-state index contributed by atoms with van der Waals surface area (Å²) in [5.41, 5.74) is 0.320. The van der Waals surface area contributed by atoms with E-state index in [-0.39, 0.29) is 30.2 Å². The predicted molar refractivity (Wildman–Crippen MR) is 88.9 cm³/mol. The number of carbonyl (C=O) groups excluding carboxylic acids is 1. The molecule has 0 spiro atoms. The molecule has 0 radical (unpaired) electrons. The average Bonchev–Trinajstić information content (AvgIpc) is 2.64. The second-order valence-electron chi connectivity index (χ2n) is 5.85. The lowest BCUT2D eigenvalue weighted by molar-refractivity contribution is -0.492. The van der Waals surface area contributed by atoms with Crippen LogP contribution in [0.25, 0.3) is 0 Å². The zero-order valence-electron chi connectivity index (χ0n) is 14.7. The van der Waals surface area contributed by atoms with Crippen molar-refractivity contribution in [2.24, 2.45) is 0 Å². The summed E-state index contributed by atoms with van der Waals surface area (Å²) < 4.78 is 10.3. The van der Waals surface area contributed by atoms with Crippen molar-refractivity contribution < 1.29 is 34.6 Å². The van der Waals surface area contributed by atoms with Gasteiger partial charge in [0.15, 0.2) is 11.5 Å². The molecule has 0 aromatic heterocycles. The normalized spacial score (nSPS) is 16.0. The Bertz CT molecular complexity index is 577. The number of esters is 1. The summed E-state index contributed by atoms with van der Waals surface area (Å²) in [5, 5.41) is 26.2. The summed E-state index contributed by atoms with van der Waals surface area (Å²) in [6, 6.07) is 4.32. The molecule has 1 aromatic rings. The number of nitrogens with zero attached hydrogens (tertiary/aromatic N) is 3. The van der Waals surface area contributed by atoms with E-state index in [0.29, 0.717) is 12.0 Å². The van der Waals surface area contributed by atoms with Crippen LogP contribution in [0.15, 0.2) is 18.2 Å². The number of hydrogen-bond donors (Lipinski definition) is 3. The minimum atomic E-state index is -0.472. The lowest BCUT2D eigenvalue weighted by atomic mass is 10.2. The number of carbonyl (C=O) groups is 1. The highest BCUT2D eigenvalue weighted by Crippen LogP contribution is 2.26. The van der Waals surface area contributed by atoms with Crippen LogP contribution in [0.1, 0.15) is 16.8 Å². The SMILES string of the molecule is COc1cc(C(=O)OCN2CCN(CCCON(O)O)CC2)ccc1O. The van der Waals surface area contributed by atoms with E-state index in [2.05, 4.69) is 9.74 Å². The Morgan fingerprint density at radius 1 is 1.19 bits per heavy atom. The summed E-state index contributed by atoms with van der Waals surface area (Å²) in [4.78, 5) is 20.9. The zero-order valence-corrected chi connectivity index (χ0v) is 14.7. The van der Waals surface area contributed by atoms with Gasteiger partial charge in [-0.05, 0) is 24.6 Å². The minimum Gasteiger partial charge on any atom is -0.504 e. The van der Waals surface area contributed by atoms with E-state index in [1.807, 2.05) is 4.90 Å². The number of phenolic OH excluding ortho intramolecular Hbond substituents is 1. The van der Waals surface area contributed by atoms with Gasteiger partial charge in [-0.25, -0.2) is 4.79 Å². The Morgan fingerprint density at radius 2 is 1.88 bits per heavy atom. The van der Waals surface area contributed by atoms with Gasteiger partial charge in [-0.2, -0.15) is 0 Å². The van der Waals surface area contributed by atoms with Gasteiger partial charge in [-0.3, -0.25) is 20.2 Å². The van der Waals surface area contributed by atoms with Gasteiger partial charge >= 0.3 is 5.97 Å². The number of hydrogen-bond acceptors (Lipinski definition) is 10. The molecule has 0 amide bonds. The molecule has 1 aliphatic rings. The molecular formula is C16H25N3O7. The molecule has 0 atom stereocenters. The number of rotatable bonds is 9. The van der Waals surface area contributed by atoms with Crippen molar-refractivity contribution in [3.05, 3.63) is 23.8 Å². The van der Waals surface area contributed by atoms with Crippen LogP contribution in [0, 0.1) is 0 Å². The van der Waals surface area contributed by atoms with Crippen molar-refractivity contribution >= 4 is 5.97 Å². The lowest BCUT2D eigenvalue weighted by Crippen LogP contribution is -2.47. The van der Waals surface area contributed by atoms with Crippen LogP contribution in [0.2, 0.25) is 0 Å². The smallest absolute Gasteiger partial charge is 0.339 e. The van der Waals surface area contributed by atoms with Crippen molar-refractivity contribution in [2.45, 2.75) is 6.42 Å². The maximum atomic E-state index is 12.1. The number of aromatic hydroxyl groups is 1. The van der Waals surface area contributed by atoms with E-state index in [0.717, 1.165) is 32.7 Å². The predicted octanol–water partition coefficient (Wildman–Crippen LogP) is 0.535. The summed E-state index contributed by atoms with van der Waals surface area (Å²) in [7, 11) is 1.42. The Labute approximate surface area is 151 Å². The average molecular weight is 371 g/mol. The van der Waals surface area contributed by atoms with Crippen LogP contribution in [-0.2, 0) is 9.57 Å². The van der Waals surface area contributed by atoms with Gasteiger partial charge in [0, 0.05) is 32.7 Å². The second kappa shape index (κ2) is 10.3. The van der Waals surface area contributed by atoms with Crippen molar-refractivity contribution in [1.82, 2.24) is 15.2 Å². The maximum absolute atomic E-state index is 12.1. The number of methoxy groups -OCH3 is 1. The molecule has 1 aromatic carbocycles. The fraction of sp³-hybridized carbons (Fsp3) is 0.562. The number of benzene rings is 1. The molecule has 10 heteroatoms. The largest absolute Gasteiger partial charge is 0.504 e. The van der Waals surface area contributed by atoms with Crippen molar-refractivity contribution in [3.8, 4) is 11.5 Å². The number of phenols is 1. The third-order valence-corrected chi connectivity index (χ3v) is 4.08. The van der Waals surface area contributed by atoms with E-state index in [1.54, 1.807) is 0 Å². The quantitative estimate of drug-likeness (QED) is 0.323. The fourth-order valence-electron chi connectivity index (χ4n) is 2.61. The van der Waals surface area contributed by atoms with E-state index in [9.17, 15) is 9.90 Å². The summed E-state index contributed by atoms with van der Waals surface area (Å²) in [6.45, 7) is 4.38. The van der Waals surface area contributed by atoms with Crippen molar-refractivity contribution in [3.63, 3.8) is 0 Å². The van der Waals surface area contributed by atoms with Gasteiger partial charge < -0.3 is 19.5 Å². The summed E-state index contributed by atoms with van der Waals surface area (Å²) >= 11 is 0. The molecule has 1 aliphatic heterocycles. The van der Waals surface area contributed by atoms with Gasteiger partial charge in [0.1, 0.15) is 6.73 Å². The fourth-order valence-corrected chi connectivity index (χ4v) is 2.61. The first-order valence-corrected chi connectivity index (χ1v) is 8.29. The molecular weight excluding hydrogens is 346 g/mol. The molecule has 0 unspecified atom stereocenters. The maximum Gasteiger partial charge on any atom is 0.339 e. The molecule has 1 heterocycles. The van der Waals surface area contributed by atoms with Crippen LogP contribution in [-0.4, -0.2) is 89.9 Å². The highest BCUT2D eigenvalue weighted by molar-refractivity contribution is 5.90. The molecule has 26 heavy (non-hydrogen) atoms. The van der Waals surface area contributed by atoms with Crippen molar-refractivity contribution in [1.29, 1.82) is 0 Å². The van der Waals surface area contributed by atoms with Crippen LogP contribution in [0.5, 0.6) is 11.5 Å². The van der Waals surface area contributed by atoms with E-state index in [1.165, 1.54) is 25.3 Å². The monoisotopic (exact) mass is 371 g/mol. The second-order valence-corrected chi connectivity index (χ2v) is 5.85. The van der Waals surface area contributed by atoms with Crippen molar-refractivity contribution in [2.75, 3.05) is 53.2 Å². The zero-order chi connectivity index (χ0) is 18.9. The molecule has 146 valence electrons. The first-order valence-electron chi connectivity index (χ1n) is 8.29. The third kappa shape index (κ3) is 6.41. The molecule has 10 nitrogen and oxygen atoms in total. The van der Waals surface area contributed by atoms with E-state index in [4.69, 9.17) is 19.9 Å². The summed E-state index contributed by atoms with van der Waals surface area (Å²) in [5.74, 6) is -0.278. The molecule has 0 aliphatic carbocycles. The van der Waals surface area contributed by atoms with E-state index < -0.39 is 5.97 Å². The van der Waals surface area contributed by atoms with Gasteiger partial charge in [-0.15, -0.1) is 0 Å². The van der Waals surface area contributed by atoms with Crippen LogP contribution in [0.3, 0.4) is 0 Å². The molecule has 0 saturated carbocycles. The Morgan fingerprint density at radius 3 is 2.54 bits per heavy atom. The van der Waals surface area contributed by atoms with Gasteiger partial charge in [0.25, 0.3) is 0 Å². The molecule has 1 fully saturated rings. The number of ether oxygens (including phenoxy) is 2. The van der Waals surface area contributed by atoms with Gasteiger partial charge in [0.05, 0.1) is 24.7 Å². The van der Waals surface area contributed by atoms with E-state index >= 15 is 0 Å². The molecule has 2 rings (SSSR count). The lowest BCUT2D eigenvalue weighted by Gasteiger charge is -2.34.